The first-order chi connectivity index (χ1) is 5.87. The van der Waals surface area contributed by atoms with Gasteiger partial charge >= 0.3 is 0 Å². The average molecular weight is 195 g/mol. The van der Waals surface area contributed by atoms with Crippen molar-refractivity contribution in [1.29, 1.82) is 0 Å². The van der Waals surface area contributed by atoms with E-state index in [0.717, 1.165) is 5.69 Å². The van der Waals surface area contributed by atoms with Crippen LogP contribution in [0.5, 0.6) is 0 Å². The van der Waals surface area contributed by atoms with Gasteiger partial charge in [0.15, 0.2) is 0 Å². The highest BCUT2D eigenvalue weighted by molar-refractivity contribution is 8.00. The fourth-order valence-corrected chi connectivity index (χ4v) is 2.34. The minimum Gasteiger partial charge on any atom is -0.399 e. The smallest absolute Gasteiger partial charge is 0.0327 e. The second kappa shape index (κ2) is 3.62. The summed E-state index contributed by atoms with van der Waals surface area (Å²) in [5.41, 5.74) is 7.85. The van der Waals surface area contributed by atoms with Crippen molar-refractivity contribution in [2.24, 2.45) is 0 Å². The van der Waals surface area contributed by atoms with Crippen molar-refractivity contribution in [3.63, 3.8) is 0 Å². The maximum atomic E-state index is 5.76. The van der Waals surface area contributed by atoms with E-state index in [1.165, 1.54) is 10.5 Å². The topological polar surface area (TPSA) is 26.0 Å². The predicted molar refractivity (Wildman–Crippen MR) is 61.2 cm³/mol. The number of nitrogens with two attached hydrogens (primary N) is 1. The number of rotatable bonds is 1. The standard InChI is InChI=1S/C11H17NS/c1-8-5-9(12)7-10(6-8)13-11(2,3)4/h5-7H,12H2,1-4H3. The minimum absolute atomic E-state index is 0.250. The molecule has 0 saturated heterocycles. The molecular weight excluding hydrogens is 178 g/mol. The number of thioether (sulfide) groups is 1. The lowest BCUT2D eigenvalue weighted by molar-refractivity contribution is 0.803. The molecule has 0 aliphatic rings. The van der Waals surface area contributed by atoms with E-state index in [9.17, 15) is 0 Å². The van der Waals surface area contributed by atoms with Gasteiger partial charge in [0.1, 0.15) is 0 Å². The van der Waals surface area contributed by atoms with Crippen LogP contribution in [-0.4, -0.2) is 4.75 Å². The molecule has 0 radical (unpaired) electrons. The molecule has 0 spiro atoms. The summed E-state index contributed by atoms with van der Waals surface area (Å²) in [6.07, 6.45) is 0. The Morgan fingerprint density at radius 2 is 1.77 bits per heavy atom. The van der Waals surface area contributed by atoms with Gasteiger partial charge in [0.2, 0.25) is 0 Å². The fraction of sp³-hybridized carbons (Fsp3) is 0.455. The van der Waals surface area contributed by atoms with Crippen LogP contribution in [0.15, 0.2) is 23.1 Å². The molecule has 0 aliphatic heterocycles. The third-order valence-corrected chi connectivity index (χ3v) is 2.58. The van der Waals surface area contributed by atoms with Gasteiger partial charge in [0, 0.05) is 15.3 Å². The summed E-state index contributed by atoms with van der Waals surface area (Å²) < 4.78 is 0.250. The summed E-state index contributed by atoms with van der Waals surface area (Å²) in [7, 11) is 0. The lowest BCUT2D eigenvalue weighted by Gasteiger charge is -2.18. The molecule has 1 rings (SSSR count). The zero-order valence-electron chi connectivity index (χ0n) is 8.72. The van der Waals surface area contributed by atoms with Crippen molar-refractivity contribution in [1.82, 2.24) is 0 Å². The zero-order valence-corrected chi connectivity index (χ0v) is 9.53. The molecule has 0 aromatic heterocycles. The van der Waals surface area contributed by atoms with Crippen molar-refractivity contribution < 1.29 is 0 Å². The molecule has 0 aliphatic carbocycles. The Morgan fingerprint density at radius 3 is 2.23 bits per heavy atom. The Morgan fingerprint density at radius 1 is 1.15 bits per heavy atom. The van der Waals surface area contributed by atoms with Crippen molar-refractivity contribution in [3.8, 4) is 0 Å². The fourth-order valence-electron chi connectivity index (χ4n) is 1.19. The highest BCUT2D eigenvalue weighted by Gasteiger charge is 2.12. The molecular formula is C11H17NS. The molecule has 0 atom stereocenters. The minimum atomic E-state index is 0.250. The zero-order chi connectivity index (χ0) is 10.1. The largest absolute Gasteiger partial charge is 0.399 e. The second-order valence-corrected chi connectivity index (χ2v) is 6.19. The van der Waals surface area contributed by atoms with Gasteiger partial charge in [-0.3, -0.25) is 0 Å². The summed E-state index contributed by atoms with van der Waals surface area (Å²) in [5.74, 6) is 0. The molecule has 1 nitrogen and oxygen atoms in total. The molecule has 0 saturated carbocycles. The van der Waals surface area contributed by atoms with Crippen LogP contribution >= 0.6 is 11.8 Å². The summed E-state index contributed by atoms with van der Waals surface area (Å²) in [6.45, 7) is 8.69. The first-order valence-electron chi connectivity index (χ1n) is 4.43. The number of benzene rings is 1. The van der Waals surface area contributed by atoms with E-state index in [4.69, 9.17) is 5.73 Å². The van der Waals surface area contributed by atoms with Gasteiger partial charge in [-0.1, -0.05) is 20.8 Å². The van der Waals surface area contributed by atoms with Crippen molar-refractivity contribution in [2.45, 2.75) is 37.3 Å². The van der Waals surface area contributed by atoms with Gasteiger partial charge < -0.3 is 5.73 Å². The number of nitrogen functional groups attached to an aromatic ring is 1. The summed E-state index contributed by atoms with van der Waals surface area (Å²) in [6, 6.07) is 6.20. The van der Waals surface area contributed by atoms with Crippen molar-refractivity contribution >= 4 is 17.4 Å². The highest BCUT2D eigenvalue weighted by atomic mass is 32.2. The first-order valence-corrected chi connectivity index (χ1v) is 5.25. The molecule has 0 bridgehead atoms. The van der Waals surface area contributed by atoms with E-state index >= 15 is 0 Å². The number of anilines is 1. The van der Waals surface area contributed by atoms with Crippen LogP contribution < -0.4 is 5.73 Å². The summed E-state index contributed by atoms with van der Waals surface area (Å²) in [5, 5.41) is 0. The third kappa shape index (κ3) is 3.73. The van der Waals surface area contributed by atoms with Gasteiger partial charge in [-0.15, -0.1) is 11.8 Å². The van der Waals surface area contributed by atoms with Crippen LogP contribution in [0.3, 0.4) is 0 Å². The van der Waals surface area contributed by atoms with E-state index in [2.05, 4.69) is 33.8 Å². The Labute approximate surface area is 84.7 Å². The molecule has 1 aromatic carbocycles. The summed E-state index contributed by atoms with van der Waals surface area (Å²) >= 11 is 1.85. The number of aryl methyl sites for hydroxylation is 1. The van der Waals surface area contributed by atoms with E-state index in [-0.39, 0.29) is 4.75 Å². The predicted octanol–water partition coefficient (Wildman–Crippen LogP) is 3.47. The lowest BCUT2D eigenvalue weighted by atomic mass is 10.2. The second-order valence-electron chi connectivity index (χ2n) is 4.29. The summed E-state index contributed by atoms with van der Waals surface area (Å²) in [4.78, 5) is 1.25. The van der Waals surface area contributed by atoms with Crippen LogP contribution in [0.2, 0.25) is 0 Å². The van der Waals surface area contributed by atoms with Gasteiger partial charge in [-0.25, -0.2) is 0 Å². The maximum absolute atomic E-state index is 5.76. The van der Waals surface area contributed by atoms with Crippen molar-refractivity contribution in [3.05, 3.63) is 23.8 Å². The van der Waals surface area contributed by atoms with Gasteiger partial charge in [-0.2, -0.15) is 0 Å². The third-order valence-electron chi connectivity index (χ3n) is 1.50. The van der Waals surface area contributed by atoms with E-state index < -0.39 is 0 Å². The first kappa shape index (κ1) is 10.5. The molecule has 0 fully saturated rings. The van der Waals surface area contributed by atoms with Crippen molar-refractivity contribution in [2.75, 3.05) is 5.73 Å². The maximum Gasteiger partial charge on any atom is 0.0327 e. The molecule has 0 heterocycles. The molecule has 0 unspecified atom stereocenters. The number of hydrogen-bond donors (Lipinski definition) is 1. The van der Waals surface area contributed by atoms with Gasteiger partial charge in [0.25, 0.3) is 0 Å². The van der Waals surface area contributed by atoms with Gasteiger partial charge in [-0.05, 0) is 30.7 Å². The Hall–Kier alpha value is -0.630. The quantitative estimate of drug-likeness (QED) is 0.548. The lowest BCUT2D eigenvalue weighted by Crippen LogP contribution is -2.06. The Balaban J connectivity index is 2.90. The monoisotopic (exact) mass is 195 g/mol. The SMILES string of the molecule is Cc1cc(N)cc(SC(C)(C)C)c1. The van der Waals surface area contributed by atoms with E-state index in [1.807, 2.05) is 23.9 Å². The molecule has 13 heavy (non-hydrogen) atoms. The van der Waals surface area contributed by atoms with E-state index in [1.54, 1.807) is 0 Å². The molecule has 1 aromatic rings. The van der Waals surface area contributed by atoms with Crippen LogP contribution in [0, 0.1) is 6.92 Å². The molecule has 2 N–H and O–H groups in total. The highest BCUT2D eigenvalue weighted by Crippen LogP contribution is 2.33. The van der Waals surface area contributed by atoms with E-state index in [0.29, 0.717) is 0 Å². The normalized spacial score (nSPS) is 11.7. The van der Waals surface area contributed by atoms with Gasteiger partial charge in [0.05, 0.1) is 0 Å². The Kier molecular flexibility index (Phi) is 2.91. The van der Waals surface area contributed by atoms with Crippen LogP contribution in [0.1, 0.15) is 26.3 Å². The number of hydrogen-bond acceptors (Lipinski definition) is 2. The van der Waals surface area contributed by atoms with Crippen LogP contribution in [-0.2, 0) is 0 Å². The molecule has 72 valence electrons. The van der Waals surface area contributed by atoms with Crippen LogP contribution in [0.25, 0.3) is 0 Å². The molecule has 2 heteroatoms. The average Bonchev–Trinajstić information content (AvgIpc) is 1.78. The Bertz CT molecular complexity index is 279. The van der Waals surface area contributed by atoms with Crippen LogP contribution in [0.4, 0.5) is 5.69 Å². The molecule has 0 amide bonds.